The Morgan fingerprint density at radius 1 is 1.04 bits per heavy atom. The first-order valence-electron chi connectivity index (χ1n) is 9.08. The summed E-state index contributed by atoms with van der Waals surface area (Å²) in [6.07, 6.45) is 2.62. The van der Waals surface area contributed by atoms with Gasteiger partial charge in [0.1, 0.15) is 5.75 Å². The molecule has 0 bridgehead atoms. The highest BCUT2D eigenvalue weighted by atomic mass is 16.5. The van der Waals surface area contributed by atoms with Crippen LogP contribution in [0.4, 0.5) is 11.6 Å². The molecule has 0 atom stereocenters. The van der Waals surface area contributed by atoms with E-state index in [-0.39, 0.29) is 5.56 Å². The Hall–Kier alpha value is -3.67. The Bertz CT molecular complexity index is 1180. The maximum Gasteiger partial charge on any atom is 0.262 e. The highest BCUT2D eigenvalue weighted by molar-refractivity contribution is 5.94. The number of nitrogens with zero attached hydrogens (tertiary/aromatic N) is 2. The standard InChI is InChI=1S/C22H20N4O2/c1-3-14-8-10-15(11-9-14)24-22-25-20-19(21(27)26-22)17(12-13-23-20)16-6-4-5-7-18(16)28-2/h4-13H,3H2,1-2H3,(H2,23,24,25,26,27). The van der Waals surface area contributed by atoms with Crippen molar-refractivity contribution in [2.75, 3.05) is 12.4 Å². The summed E-state index contributed by atoms with van der Waals surface area (Å²) in [5, 5.41) is 3.57. The number of nitrogens with one attached hydrogen (secondary N) is 2. The average Bonchev–Trinajstić information content (AvgIpc) is 2.73. The van der Waals surface area contributed by atoms with Gasteiger partial charge in [-0.1, -0.05) is 37.3 Å². The molecule has 4 aromatic rings. The number of ether oxygens (including phenoxy) is 1. The molecule has 0 fully saturated rings. The number of aromatic nitrogens is 3. The van der Waals surface area contributed by atoms with Crippen molar-refractivity contribution < 1.29 is 4.74 Å². The lowest BCUT2D eigenvalue weighted by Gasteiger charge is -2.11. The molecule has 0 radical (unpaired) electrons. The van der Waals surface area contributed by atoms with Crippen molar-refractivity contribution in [3.63, 3.8) is 0 Å². The molecule has 2 heterocycles. The van der Waals surface area contributed by atoms with Crippen LogP contribution in [0.5, 0.6) is 5.75 Å². The lowest BCUT2D eigenvalue weighted by molar-refractivity contribution is 0.416. The van der Waals surface area contributed by atoms with Crippen LogP contribution in [0.1, 0.15) is 12.5 Å². The molecular formula is C22H20N4O2. The van der Waals surface area contributed by atoms with E-state index < -0.39 is 0 Å². The molecular weight excluding hydrogens is 352 g/mol. The SMILES string of the molecule is CCc1ccc(Nc2nc3nccc(-c4ccccc4OC)c3c(=O)[nH]2)cc1. The van der Waals surface area contributed by atoms with E-state index in [2.05, 4.69) is 27.2 Å². The Kier molecular flexibility index (Phi) is 4.76. The highest BCUT2D eigenvalue weighted by Gasteiger charge is 2.14. The zero-order valence-electron chi connectivity index (χ0n) is 15.7. The molecule has 2 N–H and O–H groups in total. The van der Waals surface area contributed by atoms with Crippen molar-refractivity contribution in [1.82, 2.24) is 15.0 Å². The Morgan fingerprint density at radius 3 is 2.57 bits per heavy atom. The third-order valence-corrected chi connectivity index (χ3v) is 4.63. The van der Waals surface area contributed by atoms with E-state index in [1.165, 1.54) is 5.56 Å². The van der Waals surface area contributed by atoms with E-state index in [1.54, 1.807) is 19.4 Å². The Balaban J connectivity index is 1.79. The molecule has 6 heteroatoms. The van der Waals surface area contributed by atoms with Gasteiger partial charge in [-0.3, -0.25) is 9.78 Å². The number of rotatable bonds is 5. The fourth-order valence-corrected chi connectivity index (χ4v) is 3.17. The first kappa shape index (κ1) is 17.7. The number of H-pyrrole nitrogens is 1. The number of methoxy groups -OCH3 is 1. The smallest absolute Gasteiger partial charge is 0.262 e. The molecule has 2 aromatic heterocycles. The summed E-state index contributed by atoms with van der Waals surface area (Å²) in [6, 6.07) is 17.4. The van der Waals surface area contributed by atoms with E-state index in [0.717, 1.165) is 23.2 Å². The molecule has 4 rings (SSSR count). The lowest BCUT2D eigenvalue weighted by atomic mass is 10.0. The topological polar surface area (TPSA) is 79.9 Å². The first-order chi connectivity index (χ1) is 13.7. The highest BCUT2D eigenvalue weighted by Crippen LogP contribution is 2.32. The number of hydrogen-bond acceptors (Lipinski definition) is 5. The molecule has 0 amide bonds. The Labute approximate surface area is 162 Å². The number of benzene rings is 2. The number of anilines is 2. The predicted molar refractivity (Wildman–Crippen MR) is 111 cm³/mol. The van der Waals surface area contributed by atoms with Crippen molar-refractivity contribution in [2.45, 2.75) is 13.3 Å². The summed E-state index contributed by atoms with van der Waals surface area (Å²) in [7, 11) is 1.61. The number of aromatic amines is 1. The molecule has 0 saturated carbocycles. The maximum absolute atomic E-state index is 12.9. The van der Waals surface area contributed by atoms with Crippen molar-refractivity contribution in [2.24, 2.45) is 0 Å². The zero-order valence-corrected chi connectivity index (χ0v) is 15.7. The minimum absolute atomic E-state index is 0.258. The van der Waals surface area contributed by atoms with Gasteiger partial charge in [-0.05, 0) is 36.2 Å². The van der Waals surface area contributed by atoms with Crippen LogP contribution in [0, 0.1) is 0 Å². The minimum Gasteiger partial charge on any atom is -0.496 e. The van der Waals surface area contributed by atoms with Crippen molar-refractivity contribution in [1.29, 1.82) is 0 Å². The number of fused-ring (bicyclic) bond motifs is 1. The second-order valence-electron chi connectivity index (χ2n) is 6.35. The molecule has 2 aromatic carbocycles. The van der Waals surface area contributed by atoms with Gasteiger partial charge in [0.05, 0.1) is 12.5 Å². The third kappa shape index (κ3) is 3.32. The predicted octanol–water partition coefficient (Wildman–Crippen LogP) is 4.30. The van der Waals surface area contributed by atoms with E-state index in [4.69, 9.17) is 4.74 Å². The van der Waals surface area contributed by atoms with Gasteiger partial charge in [0.2, 0.25) is 5.95 Å². The Morgan fingerprint density at radius 2 is 1.82 bits per heavy atom. The van der Waals surface area contributed by atoms with Crippen LogP contribution < -0.4 is 15.6 Å². The van der Waals surface area contributed by atoms with Crippen LogP contribution in [0.25, 0.3) is 22.2 Å². The normalized spacial score (nSPS) is 10.8. The average molecular weight is 372 g/mol. The summed E-state index contributed by atoms with van der Waals surface area (Å²) >= 11 is 0. The van der Waals surface area contributed by atoms with Crippen LogP contribution in [0.3, 0.4) is 0 Å². The fraction of sp³-hybridized carbons (Fsp3) is 0.136. The maximum atomic E-state index is 12.9. The zero-order chi connectivity index (χ0) is 19.5. The van der Waals surface area contributed by atoms with Crippen LogP contribution in [-0.4, -0.2) is 22.1 Å². The van der Waals surface area contributed by atoms with Gasteiger partial charge in [-0.15, -0.1) is 0 Å². The van der Waals surface area contributed by atoms with Crippen molar-refractivity contribution >= 4 is 22.7 Å². The molecule has 0 saturated heterocycles. The molecule has 28 heavy (non-hydrogen) atoms. The van der Waals surface area contributed by atoms with E-state index in [1.807, 2.05) is 48.5 Å². The van der Waals surface area contributed by atoms with Gasteiger partial charge < -0.3 is 10.1 Å². The fourth-order valence-electron chi connectivity index (χ4n) is 3.17. The van der Waals surface area contributed by atoms with E-state index in [9.17, 15) is 4.79 Å². The monoisotopic (exact) mass is 372 g/mol. The van der Waals surface area contributed by atoms with Gasteiger partial charge in [0.25, 0.3) is 5.56 Å². The second-order valence-corrected chi connectivity index (χ2v) is 6.35. The van der Waals surface area contributed by atoms with Crippen LogP contribution in [-0.2, 0) is 6.42 Å². The molecule has 140 valence electrons. The molecule has 0 spiro atoms. The van der Waals surface area contributed by atoms with Crippen LogP contribution >= 0.6 is 0 Å². The van der Waals surface area contributed by atoms with Crippen molar-refractivity contribution in [3.05, 3.63) is 76.7 Å². The van der Waals surface area contributed by atoms with Crippen molar-refractivity contribution in [3.8, 4) is 16.9 Å². The molecule has 0 unspecified atom stereocenters. The number of aryl methyl sites for hydroxylation is 1. The summed E-state index contributed by atoms with van der Waals surface area (Å²) in [4.78, 5) is 24.5. The van der Waals surface area contributed by atoms with E-state index >= 15 is 0 Å². The van der Waals surface area contributed by atoms with Gasteiger partial charge in [0.15, 0.2) is 5.65 Å². The molecule has 0 aliphatic carbocycles. The largest absolute Gasteiger partial charge is 0.496 e. The summed E-state index contributed by atoms with van der Waals surface area (Å²) in [6.45, 7) is 2.11. The van der Waals surface area contributed by atoms with Gasteiger partial charge in [-0.2, -0.15) is 4.98 Å². The number of para-hydroxylation sites is 1. The quantitative estimate of drug-likeness (QED) is 0.546. The van der Waals surface area contributed by atoms with Gasteiger partial charge in [0, 0.05) is 23.0 Å². The van der Waals surface area contributed by atoms with Crippen LogP contribution in [0.2, 0.25) is 0 Å². The summed E-state index contributed by atoms with van der Waals surface area (Å²) < 4.78 is 5.44. The molecule has 6 nitrogen and oxygen atoms in total. The number of pyridine rings is 1. The van der Waals surface area contributed by atoms with E-state index in [0.29, 0.717) is 22.7 Å². The second kappa shape index (κ2) is 7.52. The minimum atomic E-state index is -0.258. The van der Waals surface area contributed by atoms with Gasteiger partial charge in [-0.25, -0.2) is 4.98 Å². The summed E-state index contributed by atoms with van der Waals surface area (Å²) in [5.41, 5.74) is 3.76. The first-order valence-corrected chi connectivity index (χ1v) is 9.08. The van der Waals surface area contributed by atoms with Gasteiger partial charge >= 0.3 is 0 Å². The lowest BCUT2D eigenvalue weighted by Crippen LogP contribution is -2.13. The molecule has 0 aliphatic heterocycles. The van der Waals surface area contributed by atoms with Crippen LogP contribution in [0.15, 0.2) is 65.6 Å². The third-order valence-electron chi connectivity index (χ3n) is 4.63. The number of hydrogen-bond donors (Lipinski definition) is 2. The summed E-state index contributed by atoms with van der Waals surface area (Å²) in [5.74, 6) is 1.04. The molecule has 0 aliphatic rings.